The van der Waals surface area contributed by atoms with E-state index in [9.17, 15) is 0 Å². The lowest BCUT2D eigenvalue weighted by Gasteiger charge is -2.19. The third-order valence-electron chi connectivity index (χ3n) is 2.16. The molecule has 16 heavy (non-hydrogen) atoms. The summed E-state index contributed by atoms with van der Waals surface area (Å²) in [5.74, 6) is 0.710. The van der Waals surface area contributed by atoms with E-state index in [0.717, 1.165) is 0 Å². The minimum absolute atomic E-state index is 0.0485. The molecule has 0 aromatic carbocycles. The molecule has 0 saturated heterocycles. The highest BCUT2D eigenvalue weighted by Gasteiger charge is 2.11. The fourth-order valence-corrected chi connectivity index (χ4v) is 1.29. The van der Waals surface area contributed by atoms with E-state index in [1.54, 1.807) is 25.4 Å². The number of amidine groups is 1. The number of nitrogens with two attached hydrogens (primary N) is 1. The Morgan fingerprint density at radius 3 is 3.06 bits per heavy atom. The number of rotatable bonds is 5. The maximum Gasteiger partial charge on any atom is 0.173 e. The summed E-state index contributed by atoms with van der Waals surface area (Å²) < 4.78 is 4.98. The van der Waals surface area contributed by atoms with Crippen LogP contribution in [0.4, 0.5) is 5.82 Å². The van der Waals surface area contributed by atoms with Crippen LogP contribution >= 0.6 is 0 Å². The van der Waals surface area contributed by atoms with Gasteiger partial charge in [0.1, 0.15) is 5.82 Å². The molecule has 6 nitrogen and oxygen atoms in total. The van der Waals surface area contributed by atoms with E-state index in [-0.39, 0.29) is 5.84 Å². The Kier molecular flexibility index (Phi) is 4.53. The van der Waals surface area contributed by atoms with Gasteiger partial charge >= 0.3 is 0 Å². The predicted molar refractivity (Wildman–Crippen MR) is 61.9 cm³/mol. The van der Waals surface area contributed by atoms with Crippen molar-refractivity contribution < 1.29 is 9.94 Å². The molecule has 6 heteroatoms. The van der Waals surface area contributed by atoms with Crippen molar-refractivity contribution in [2.45, 2.75) is 0 Å². The smallest absolute Gasteiger partial charge is 0.173 e. The maximum absolute atomic E-state index is 8.66. The largest absolute Gasteiger partial charge is 0.409 e. The zero-order valence-electron chi connectivity index (χ0n) is 9.42. The molecule has 0 aliphatic rings. The fraction of sp³-hybridized carbons (Fsp3) is 0.400. The number of oxime groups is 1. The molecule has 0 bridgehead atoms. The molecule has 0 radical (unpaired) electrons. The van der Waals surface area contributed by atoms with Crippen molar-refractivity contribution in [3.63, 3.8) is 0 Å². The molecule has 0 atom stereocenters. The molecular weight excluding hydrogens is 208 g/mol. The van der Waals surface area contributed by atoms with Crippen molar-refractivity contribution in [3.8, 4) is 0 Å². The third kappa shape index (κ3) is 2.83. The van der Waals surface area contributed by atoms with E-state index in [4.69, 9.17) is 15.7 Å². The van der Waals surface area contributed by atoms with Crippen molar-refractivity contribution >= 4 is 11.7 Å². The Hall–Kier alpha value is -1.82. The summed E-state index contributed by atoms with van der Waals surface area (Å²) in [6.45, 7) is 1.27. The average Bonchev–Trinajstić information content (AvgIpc) is 2.35. The van der Waals surface area contributed by atoms with E-state index >= 15 is 0 Å². The maximum atomic E-state index is 8.66. The summed E-state index contributed by atoms with van der Waals surface area (Å²) in [5, 5.41) is 11.6. The van der Waals surface area contributed by atoms with E-state index in [0.29, 0.717) is 24.5 Å². The van der Waals surface area contributed by atoms with Crippen molar-refractivity contribution in [1.82, 2.24) is 4.98 Å². The zero-order valence-corrected chi connectivity index (χ0v) is 9.42. The van der Waals surface area contributed by atoms with Crippen LogP contribution in [0.3, 0.4) is 0 Å². The van der Waals surface area contributed by atoms with E-state index in [1.807, 2.05) is 11.9 Å². The van der Waals surface area contributed by atoms with Crippen molar-refractivity contribution in [1.29, 1.82) is 0 Å². The molecule has 1 aromatic heterocycles. The lowest BCUT2D eigenvalue weighted by molar-refractivity contribution is 0.206. The Morgan fingerprint density at radius 2 is 2.44 bits per heavy atom. The van der Waals surface area contributed by atoms with Crippen LogP contribution in [0.15, 0.2) is 23.5 Å². The number of anilines is 1. The highest BCUT2D eigenvalue weighted by atomic mass is 16.5. The van der Waals surface area contributed by atoms with Crippen LogP contribution in [-0.4, -0.2) is 43.3 Å². The van der Waals surface area contributed by atoms with Gasteiger partial charge in [-0.25, -0.2) is 4.98 Å². The SMILES string of the molecule is COCCN(C)c1ncccc1C(N)=NO. The Morgan fingerprint density at radius 1 is 1.69 bits per heavy atom. The third-order valence-corrected chi connectivity index (χ3v) is 2.16. The van der Waals surface area contributed by atoms with Gasteiger partial charge < -0.3 is 20.6 Å². The summed E-state index contributed by atoms with van der Waals surface area (Å²) in [6, 6.07) is 3.49. The molecule has 0 amide bonds. The summed E-state index contributed by atoms with van der Waals surface area (Å²) in [6.07, 6.45) is 1.66. The van der Waals surface area contributed by atoms with Crippen LogP contribution in [0.5, 0.6) is 0 Å². The summed E-state index contributed by atoms with van der Waals surface area (Å²) >= 11 is 0. The minimum atomic E-state index is 0.0485. The van der Waals surface area contributed by atoms with Gasteiger partial charge in [-0.3, -0.25) is 0 Å². The summed E-state index contributed by atoms with van der Waals surface area (Å²) in [5.41, 5.74) is 6.16. The van der Waals surface area contributed by atoms with Gasteiger partial charge in [-0.1, -0.05) is 5.16 Å². The van der Waals surface area contributed by atoms with Crippen LogP contribution in [0.25, 0.3) is 0 Å². The van der Waals surface area contributed by atoms with Gasteiger partial charge in [0.25, 0.3) is 0 Å². The van der Waals surface area contributed by atoms with Crippen LogP contribution in [0.2, 0.25) is 0 Å². The number of likely N-dealkylation sites (N-methyl/N-ethyl adjacent to an activating group) is 1. The molecule has 0 aliphatic heterocycles. The number of ether oxygens (including phenoxy) is 1. The van der Waals surface area contributed by atoms with Gasteiger partial charge in [0.2, 0.25) is 0 Å². The second kappa shape index (κ2) is 5.92. The monoisotopic (exact) mass is 224 g/mol. The molecule has 1 aromatic rings. The van der Waals surface area contributed by atoms with Crippen LogP contribution in [0.1, 0.15) is 5.56 Å². The van der Waals surface area contributed by atoms with Gasteiger partial charge in [0.05, 0.1) is 12.2 Å². The van der Waals surface area contributed by atoms with Crippen molar-refractivity contribution in [2.75, 3.05) is 32.2 Å². The number of pyridine rings is 1. The molecule has 0 aliphatic carbocycles. The van der Waals surface area contributed by atoms with Gasteiger partial charge in [-0.2, -0.15) is 0 Å². The Balaban J connectivity index is 2.94. The standard InChI is InChI=1S/C10H16N4O2/c1-14(6-7-16-2)10-8(9(11)13-15)4-3-5-12-10/h3-5,15H,6-7H2,1-2H3,(H2,11,13). The first-order valence-corrected chi connectivity index (χ1v) is 4.83. The van der Waals surface area contributed by atoms with E-state index in [1.165, 1.54) is 0 Å². The highest BCUT2D eigenvalue weighted by Crippen LogP contribution is 2.14. The van der Waals surface area contributed by atoms with Gasteiger partial charge in [-0.15, -0.1) is 0 Å². The molecule has 0 spiro atoms. The lowest BCUT2D eigenvalue weighted by Crippen LogP contribution is -2.27. The van der Waals surface area contributed by atoms with Crippen molar-refractivity contribution in [2.24, 2.45) is 10.9 Å². The normalized spacial score (nSPS) is 11.5. The Bertz CT molecular complexity index is 368. The first kappa shape index (κ1) is 12.3. The second-order valence-corrected chi connectivity index (χ2v) is 3.27. The molecular formula is C10H16N4O2. The average molecular weight is 224 g/mol. The lowest BCUT2D eigenvalue weighted by atomic mass is 10.2. The molecule has 0 unspecified atom stereocenters. The van der Waals surface area contributed by atoms with Gasteiger partial charge in [-0.05, 0) is 12.1 Å². The topological polar surface area (TPSA) is 84.0 Å². The molecule has 88 valence electrons. The van der Waals surface area contributed by atoms with Crippen molar-refractivity contribution in [3.05, 3.63) is 23.9 Å². The number of hydrogen-bond acceptors (Lipinski definition) is 5. The number of hydrogen-bond donors (Lipinski definition) is 2. The molecule has 0 saturated carbocycles. The van der Waals surface area contributed by atoms with Gasteiger partial charge in [0, 0.05) is 26.9 Å². The second-order valence-electron chi connectivity index (χ2n) is 3.27. The predicted octanol–water partition coefficient (Wildman–Crippen LogP) is 0.259. The molecule has 1 heterocycles. The first-order chi connectivity index (χ1) is 7.70. The minimum Gasteiger partial charge on any atom is -0.409 e. The van der Waals surface area contributed by atoms with Crippen LogP contribution in [-0.2, 0) is 4.74 Å². The Labute approximate surface area is 94.3 Å². The van der Waals surface area contributed by atoms with Crippen LogP contribution < -0.4 is 10.6 Å². The molecule has 0 fully saturated rings. The zero-order chi connectivity index (χ0) is 12.0. The van der Waals surface area contributed by atoms with Gasteiger partial charge in [0.15, 0.2) is 5.84 Å². The van der Waals surface area contributed by atoms with Crippen LogP contribution in [0, 0.1) is 0 Å². The van der Waals surface area contributed by atoms with E-state index in [2.05, 4.69) is 10.1 Å². The van der Waals surface area contributed by atoms with E-state index < -0.39 is 0 Å². The number of nitrogens with zero attached hydrogens (tertiary/aromatic N) is 3. The summed E-state index contributed by atoms with van der Waals surface area (Å²) in [4.78, 5) is 6.08. The quantitative estimate of drug-likeness (QED) is 0.324. The number of methoxy groups -OCH3 is 1. The first-order valence-electron chi connectivity index (χ1n) is 4.83. The molecule has 1 rings (SSSR count). The summed E-state index contributed by atoms with van der Waals surface area (Å²) in [7, 11) is 3.51. The fourth-order valence-electron chi connectivity index (χ4n) is 1.29. The molecule has 3 N–H and O–H groups in total. The highest BCUT2D eigenvalue weighted by molar-refractivity contribution is 6.01. The number of aromatic nitrogens is 1.